The standard InChI is InChI=1S/C30H28FN3O7S/c1-19(35)6-12-23-18-34(30(38)41-23)22-11-13-24(27(31)16-22)21-9-7-20(8-10-21)17-32-42(39,40)15-14-33-28(36)25-4-2-3-5-26(25)29(33)37/h2-5,7-11,13,16,23,32H,6,12,14-15,17-18H2,1H3/t23-/m0/s1. The van der Waals surface area contributed by atoms with Gasteiger partial charge in [-0.2, -0.15) is 0 Å². The Hall–Kier alpha value is -4.42. The lowest BCUT2D eigenvalue weighted by Gasteiger charge is -2.15. The minimum atomic E-state index is -3.82. The number of carbonyl (C=O) groups is 4. The van der Waals surface area contributed by atoms with Crippen molar-refractivity contribution in [1.82, 2.24) is 9.62 Å². The van der Waals surface area contributed by atoms with Crippen LogP contribution in [0, 0.1) is 5.82 Å². The summed E-state index contributed by atoms with van der Waals surface area (Å²) in [5.74, 6) is -2.03. The molecular weight excluding hydrogens is 565 g/mol. The molecule has 3 amide bonds. The van der Waals surface area contributed by atoms with Crippen LogP contribution in [0.15, 0.2) is 66.7 Å². The van der Waals surface area contributed by atoms with Gasteiger partial charge in [0.15, 0.2) is 0 Å². The highest BCUT2D eigenvalue weighted by Crippen LogP contribution is 2.30. The molecule has 218 valence electrons. The average molecular weight is 594 g/mol. The van der Waals surface area contributed by atoms with Gasteiger partial charge in [-0.1, -0.05) is 36.4 Å². The van der Waals surface area contributed by atoms with Gasteiger partial charge in [-0.25, -0.2) is 22.3 Å². The van der Waals surface area contributed by atoms with Crippen LogP contribution in [0.2, 0.25) is 0 Å². The fourth-order valence-corrected chi connectivity index (χ4v) is 5.83. The molecule has 0 bridgehead atoms. The first kappa shape index (κ1) is 29.1. The summed E-state index contributed by atoms with van der Waals surface area (Å²) >= 11 is 0. The fourth-order valence-electron chi connectivity index (χ4n) is 4.87. The van der Waals surface area contributed by atoms with Gasteiger partial charge in [-0.3, -0.25) is 19.4 Å². The summed E-state index contributed by atoms with van der Waals surface area (Å²) in [5.41, 5.74) is 2.34. The van der Waals surface area contributed by atoms with Crippen molar-refractivity contribution in [2.75, 3.05) is 23.7 Å². The number of amides is 3. The molecule has 3 aromatic rings. The molecule has 1 atom stereocenters. The SMILES string of the molecule is CC(=O)CC[C@H]1CN(c2ccc(-c3ccc(CNS(=O)(=O)CCN4C(=O)c5ccccc5C4=O)cc3)c(F)c2)C(=O)O1. The molecule has 1 saturated heterocycles. The van der Waals surface area contributed by atoms with Crippen molar-refractivity contribution >= 4 is 39.4 Å². The number of ether oxygens (including phenoxy) is 1. The molecular formula is C30H28FN3O7S. The second-order valence-corrected chi connectivity index (χ2v) is 12.1. The number of fused-ring (bicyclic) bond motifs is 1. The highest BCUT2D eigenvalue weighted by molar-refractivity contribution is 7.89. The predicted molar refractivity (Wildman–Crippen MR) is 152 cm³/mol. The topological polar surface area (TPSA) is 130 Å². The van der Waals surface area contributed by atoms with Gasteiger partial charge in [0.2, 0.25) is 10.0 Å². The van der Waals surface area contributed by atoms with Crippen LogP contribution in [0.3, 0.4) is 0 Å². The molecule has 0 spiro atoms. The van der Waals surface area contributed by atoms with Gasteiger partial charge < -0.3 is 9.53 Å². The molecule has 0 radical (unpaired) electrons. The van der Waals surface area contributed by atoms with Gasteiger partial charge >= 0.3 is 6.09 Å². The quantitative estimate of drug-likeness (QED) is 0.334. The monoisotopic (exact) mass is 593 g/mol. The Morgan fingerprint density at radius 3 is 2.26 bits per heavy atom. The van der Waals surface area contributed by atoms with Crippen molar-refractivity contribution in [2.45, 2.75) is 32.4 Å². The number of halogens is 1. The van der Waals surface area contributed by atoms with Crippen molar-refractivity contribution in [3.63, 3.8) is 0 Å². The van der Waals surface area contributed by atoms with E-state index in [1.54, 1.807) is 48.5 Å². The van der Waals surface area contributed by atoms with E-state index in [0.717, 1.165) is 4.90 Å². The molecule has 2 aliphatic rings. The lowest BCUT2D eigenvalue weighted by Crippen LogP contribution is -2.37. The zero-order chi connectivity index (χ0) is 30.0. The molecule has 0 aromatic heterocycles. The van der Waals surface area contributed by atoms with Gasteiger partial charge in [-0.15, -0.1) is 0 Å². The molecule has 42 heavy (non-hydrogen) atoms. The lowest BCUT2D eigenvalue weighted by molar-refractivity contribution is -0.117. The van der Waals surface area contributed by atoms with Crippen molar-refractivity contribution in [1.29, 1.82) is 0 Å². The van der Waals surface area contributed by atoms with E-state index in [0.29, 0.717) is 35.2 Å². The molecule has 1 fully saturated rings. The third-order valence-corrected chi connectivity index (χ3v) is 8.48. The van der Waals surface area contributed by atoms with Gasteiger partial charge in [0, 0.05) is 25.1 Å². The van der Waals surface area contributed by atoms with E-state index in [1.165, 1.54) is 30.0 Å². The van der Waals surface area contributed by atoms with E-state index in [1.807, 2.05) is 0 Å². The van der Waals surface area contributed by atoms with Crippen molar-refractivity contribution < 1.29 is 36.7 Å². The maximum absolute atomic E-state index is 15.1. The number of hydrogen-bond donors (Lipinski definition) is 1. The minimum Gasteiger partial charge on any atom is -0.444 e. The van der Waals surface area contributed by atoms with Crippen molar-refractivity contribution in [3.05, 3.63) is 89.2 Å². The molecule has 0 unspecified atom stereocenters. The smallest absolute Gasteiger partial charge is 0.414 e. The lowest BCUT2D eigenvalue weighted by atomic mass is 10.0. The number of benzene rings is 3. The number of imide groups is 1. The molecule has 1 N–H and O–H groups in total. The third kappa shape index (κ3) is 6.24. The van der Waals surface area contributed by atoms with Crippen LogP contribution >= 0.6 is 0 Å². The number of anilines is 1. The van der Waals surface area contributed by atoms with Crippen LogP contribution < -0.4 is 9.62 Å². The zero-order valence-electron chi connectivity index (χ0n) is 22.7. The first-order valence-corrected chi connectivity index (χ1v) is 15.0. The Labute approximate surface area is 242 Å². The van der Waals surface area contributed by atoms with E-state index < -0.39 is 45.6 Å². The second-order valence-electron chi connectivity index (χ2n) is 10.2. The number of Topliss-reactive ketones (excluding diaryl/α,β-unsaturated/α-hetero) is 1. The molecule has 5 rings (SSSR count). The summed E-state index contributed by atoms with van der Waals surface area (Å²) in [4.78, 5) is 50.7. The summed E-state index contributed by atoms with van der Waals surface area (Å²) in [6.45, 7) is 1.39. The Kier molecular flexibility index (Phi) is 8.19. The van der Waals surface area contributed by atoms with E-state index in [9.17, 15) is 27.6 Å². The normalized spacial score (nSPS) is 16.6. The predicted octanol–water partition coefficient (Wildman–Crippen LogP) is 3.90. The molecule has 2 aliphatic heterocycles. The maximum atomic E-state index is 15.1. The molecule has 0 aliphatic carbocycles. The second kappa shape index (κ2) is 11.8. The van der Waals surface area contributed by atoms with Gasteiger partial charge in [0.05, 0.1) is 29.1 Å². The summed E-state index contributed by atoms with van der Waals surface area (Å²) in [6, 6.07) is 17.4. The number of sulfonamides is 1. The van der Waals surface area contributed by atoms with Crippen molar-refractivity contribution in [2.24, 2.45) is 0 Å². The first-order chi connectivity index (χ1) is 20.0. The Morgan fingerprint density at radius 1 is 0.976 bits per heavy atom. The average Bonchev–Trinajstić information content (AvgIpc) is 3.46. The van der Waals surface area contributed by atoms with Crippen LogP contribution in [0.25, 0.3) is 11.1 Å². The van der Waals surface area contributed by atoms with Crippen LogP contribution in [0.4, 0.5) is 14.9 Å². The highest BCUT2D eigenvalue weighted by Gasteiger charge is 2.36. The van der Waals surface area contributed by atoms with Crippen LogP contribution in [0.1, 0.15) is 46.0 Å². The molecule has 3 aromatic carbocycles. The largest absolute Gasteiger partial charge is 0.444 e. The van der Waals surface area contributed by atoms with Crippen LogP contribution in [0.5, 0.6) is 0 Å². The molecule has 2 heterocycles. The maximum Gasteiger partial charge on any atom is 0.414 e. The number of nitrogens with one attached hydrogen (secondary N) is 1. The van der Waals surface area contributed by atoms with E-state index in [4.69, 9.17) is 4.74 Å². The first-order valence-electron chi connectivity index (χ1n) is 13.3. The zero-order valence-corrected chi connectivity index (χ0v) is 23.5. The van der Waals surface area contributed by atoms with Gasteiger partial charge in [0.1, 0.15) is 17.7 Å². The Morgan fingerprint density at radius 2 is 1.64 bits per heavy atom. The highest BCUT2D eigenvalue weighted by atomic mass is 32.2. The van der Waals surface area contributed by atoms with E-state index in [-0.39, 0.29) is 36.5 Å². The summed E-state index contributed by atoms with van der Waals surface area (Å²) in [5, 5.41) is 0. The molecule has 10 nitrogen and oxygen atoms in total. The summed E-state index contributed by atoms with van der Waals surface area (Å²) in [7, 11) is -3.82. The van der Waals surface area contributed by atoms with Gasteiger partial charge in [-0.05, 0) is 54.8 Å². The molecule has 0 saturated carbocycles. The summed E-state index contributed by atoms with van der Waals surface area (Å²) in [6.07, 6.45) is -0.317. The number of rotatable bonds is 11. The number of nitrogens with zero attached hydrogens (tertiary/aromatic N) is 2. The minimum absolute atomic E-state index is 0.00265. The van der Waals surface area contributed by atoms with E-state index >= 15 is 4.39 Å². The van der Waals surface area contributed by atoms with Crippen molar-refractivity contribution in [3.8, 4) is 11.1 Å². The number of ketones is 1. The molecule has 12 heteroatoms. The van der Waals surface area contributed by atoms with Crippen LogP contribution in [-0.4, -0.2) is 62.0 Å². The number of cyclic esters (lactones) is 1. The Balaban J connectivity index is 1.16. The van der Waals surface area contributed by atoms with Crippen LogP contribution in [-0.2, 0) is 26.1 Å². The summed E-state index contributed by atoms with van der Waals surface area (Å²) < 4.78 is 47.9. The fraction of sp³-hybridized carbons (Fsp3) is 0.267. The third-order valence-electron chi connectivity index (χ3n) is 7.18. The Bertz CT molecular complexity index is 1640. The van der Waals surface area contributed by atoms with E-state index in [2.05, 4.69) is 4.72 Å². The number of hydrogen-bond acceptors (Lipinski definition) is 7. The number of carbonyl (C=O) groups excluding carboxylic acids is 4. The van der Waals surface area contributed by atoms with Gasteiger partial charge in [0.25, 0.3) is 11.8 Å².